The molecular weight excluding hydrogens is 295 g/mol. The maximum atomic E-state index is 13.5. The number of amides is 2. The topological polar surface area (TPSA) is 58.2 Å². The third-order valence-electron chi connectivity index (χ3n) is 4.34. The van der Waals surface area contributed by atoms with Crippen molar-refractivity contribution in [2.24, 2.45) is 0 Å². The number of hydrazine groups is 1. The normalized spacial score (nSPS) is 15.3. The molecule has 2 N–H and O–H groups in total. The number of nitrogens with one attached hydrogen (secondary N) is 2. The lowest BCUT2D eigenvalue weighted by molar-refractivity contribution is -0.130. The Kier molecular flexibility index (Phi) is 4.10. The van der Waals surface area contributed by atoms with Gasteiger partial charge in [-0.05, 0) is 42.7 Å². The van der Waals surface area contributed by atoms with E-state index in [0.717, 1.165) is 6.42 Å². The lowest BCUT2D eigenvalue weighted by atomic mass is 9.64. The Labute approximate surface area is 133 Å². The molecule has 0 aliphatic heterocycles. The second kappa shape index (κ2) is 6.20. The maximum absolute atomic E-state index is 13.5. The molecule has 1 saturated carbocycles. The van der Waals surface area contributed by atoms with Crippen LogP contribution in [0.15, 0.2) is 54.6 Å². The molecule has 1 aliphatic carbocycles. The number of carbonyl (C=O) groups is 2. The predicted molar refractivity (Wildman–Crippen MR) is 84.0 cm³/mol. The molecule has 0 atom stereocenters. The van der Waals surface area contributed by atoms with Crippen molar-refractivity contribution in [3.8, 4) is 0 Å². The number of hydrogen-bond acceptors (Lipinski definition) is 2. The molecule has 23 heavy (non-hydrogen) atoms. The van der Waals surface area contributed by atoms with Gasteiger partial charge in [-0.15, -0.1) is 0 Å². The van der Waals surface area contributed by atoms with Gasteiger partial charge in [0.1, 0.15) is 5.82 Å². The molecule has 0 heterocycles. The van der Waals surface area contributed by atoms with E-state index in [9.17, 15) is 14.0 Å². The highest BCUT2D eigenvalue weighted by molar-refractivity contribution is 5.97. The Morgan fingerprint density at radius 1 is 0.957 bits per heavy atom. The van der Waals surface area contributed by atoms with Gasteiger partial charge in [0.2, 0.25) is 5.91 Å². The maximum Gasteiger partial charge on any atom is 0.269 e. The molecule has 0 unspecified atom stereocenters. The van der Waals surface area contributed by atoms with Crippen LogP contribution in [0.2, 0.25) is 0 Å². The first kappa shape index (κ1) is 15.2. The SMILES string of the molecule is O=C(NNC(=O)C1(c2cccc(F)c2)CCC1)c1ccccc1. The molecule has 0 radical (unpaired) electrons. The zero-order valence-electron chi connectivity index (χ0n) is 12.5. The lowest BCUT2D eigenvalue weighted by Crippen LogP contribution is -2.54. The first-order valence-electron chi connectivity index (χ1n) is 7.54. The van der Waals surface area contributed by atoms with Crippen LogP contribution in [0.3, 0.4) is 0 Å². The largest absolute Gasteiger partial charge is 0.272 e. The van der Waals surface area contributed by atoms with Gasteiger partial charge in [0.05, 0.1) is 5.41 Å². The lowest BCUT2D eigenvalue weighted by Gasteiger charge is -2.40. The fourth-order valence-electron chi connectivity index (χ4n) is 2.86. The number of hydrogen-bond donors (Lipinski definition) is 2. The minimum absolute atomic E-state index is 0.307. The van der Waals surface area contributed by atoms with Crippen molar-refractivity contribution in [1.82, 2.24) is 10.9 Å². The summed E-state index contributed by atoms with van der Waals surface area (Å²) in [4.78, 5) is 24.5. The van der Waals surface area contributed by atoms with E-state index < -0.39 is 5.41 Å². The summed E-state index contributed by atoms with van der Waals surface area (Å²) >= 11 is 0. The summed E-state index contributed by atoms with van der Waals surface area (Å²) < 4.78 is 13.5. The second-order valence-corrected chi connectivity index (χ2v) is 5.72. The van der Waals surface area contributed by atoms with E-state index in [1.165, 1.54) is 12.1 Å². The van der Waals surface area contributed by atoms with Crippen molar-refractivity contribution in [3.63, 3.8) is 0 Å². The zero-order valence-corrected chi connectivity index (χ0v) is 12.5. The van der Waals surface area contributed by atoms with Gasteiger partial charge in [-0.25, -0.2) is 4.39 Å². The first-order chi connectivity index (χ1) is 11.1. The van der Waals surface area contributed by atoms with E-state index in [-0.39, 0.29) is 17.6 Å². The van der Waals surface area contributed by atoms with Crippen molar-refractivity contribution < 1.29 is 14.0 Å². The standard InChI is InChI=1S/C18H17FN2O2/c19-15-9-4-8-14(12-15)18(10-5-11-18)17(23)21-20-16(22)13-6-2-1-3-7-13/h1-4,6-9,12H,5,10-11H2,(H,20,22)(H,21,23). The predicted octanol–water partition coefficient (Wildman–Crippen LogP) is 2.71. The summed E-state index contributed by atoms with van der Waals surface area (Å²) in [6.07, 6.45) is 2.18. The molecule has 3 rings (SSSR count). The van der Waals surface area contributed by atoms with E-state index in [0.29, 0.717) is 24.0 Å². The Morgan fingerprint density at radius 2 is 1.70 bits per heavy atom. The molecule has 2 amide bonds. The van der Waals surface area contributed by atoms with Crippen LogP contribution in [0.25, 0.3) is 0 Å². The molecule has 0 aromatic heterocycles. The van der Waals surface area contributed by atoms with Gasteiger partial charge in [0.15, 0.2) is 0 Å². The van der Waals surface area contributed by atoms with Crippen LogP contribution >= 0.6 is 0 Å². The van der Waals surface area contributed by atoms with Crippen molar-refractivity contribution in [3.05, 3.63) is 71.5 Å². The highest BCUT2D eigenvalue weighted by atomic mass is 19.1. The van der Waals surface area contributed by atoms with Gasteiger partial charge in [0.25, 0.3) is 5.91 Å². The quantitative estimate of drug-likeness (QED) is 0.856. The van der Waals surface area contributed by atoms with Crippen molar-refractivity contribution in [2.45, 2.75) is 24.7 Å². The van der Waals surface area contributed by atoms with E-state index >= 15 is 0 Å². The van der Waals surface area contributed by atoms with Crippen molar-refractivity contribution in [2.75, 3.05) is 0 Å². The third kappa shape index (κ3) is 2.95. The van der Waals surface area contributed by atoms with Crippen LogP contribution in [0.4, 0.5) is 4.39 Å². The molecule has 0 spiro atoms. The number of rotatable bonds is 3. The fraction of sp³-hybridized carbons (Fsp3) is 0.222. The van der Waals surface area contributed by atoms with Gasteiger partial charge in [-0.1, -0.05) is 36.8 Å². The summed E-state index contributed by atoms with van der Waals surface area (Å²) in [5.41, 5.74) is 5.26. The molecule has 0 saturated heterocycles. The van der Waals surface area contributed by atoms with Crippen LogP contribution in [0.5, 0.6) is 0 Å². The molecule has 2 aromatic carbocycles. The first-order valence-corrected chi connectivity index (χ1v) is 7.54. The van der Waals surface area contributed by atoms with Crippen LogP contribution in [-0.4, -0.2) is 11.8 Å². The van der Waals surface area contributed by atoms with E-state index in [1.807, 2.05) is 6.07 Å². The number of benzene rings is 2. The molecule has 2 aromatic rings. The van der Waals surface area contributed by atoms with E-state index in [2.05, 4.69) is 10.9 Å². The third-order valence-corrected chi connectivity index (χ3v) is 4.34. The molecule has 1 aliphatic rings. The monoisotopic (exact) mass is 312 g/mol. The molecule has 5 heteroatoms. The molecular formula is C18H17FN2O2. The number of carbonyl (C=O) groups excluding carboxylic acids is 2. The summed E-state index contributed by atoms with van der Waals surface area (Å²) in [5.74, 6) is -1.05. The molecule has 1 fully saturated rings. The van der Waals surface area contributed by atoms with E-state index in [4.69, 9.17) is 0 Å². The summed E-state index contributed by atoms with van der Waals surface area (Å²) in [6.45, 7) is 0. The van der Waals surface area contributed by atoms with E-state index in [1.54, 1.807) is 36.4 Å². The minimum atomic E-state index is -0.758. The molecule has 118 valence electrons. The Hall–Kier alpha value is -2.69. The van der Waals surface area contributed by atoms with Gasteiger partial charge in [-0.2, -0.15) is 0 Å². The summed E-state index contributed by atoms with van der Waals surface area (Å²) in [6, 6.07) is 14.7. The molecule has 4 nitrogen and oxygen atoms in total. The minimum Gasteiger partial charge on any atom is -0.272 e. The molecule has 0 bridgehead atoms. The van der Waals surface area contributed by atoms with Gasteiger partial charge >= 0.3 is 0 Å². The average Bonchev–Trinajstić information content (AvgIpc) is 2.52. The van der Waals surface area contributed by atoms with Crippen LogP contribution in [0, 0.1) is 5.82 Å². The fourth-order valence-corrected chi connectivity index (χ4v) is 2.86. The van der Waals surface area contributed by atoms with Gasteiger partial charge in [-0.3, -0.25) is 20.4 Å². The van der Waals surface area contributed by atoms with Crippen molar-refractivity contribution >= 4 is 11.8 Å². The average molecular weight is 312 g/mol. The van der Waals surface area contributed by atoms with Crippen LogP contribution in [0.1, 0.15) is 35.2 Å². The highest BCUT2D eigenvalue weighted by Crippen LogP contribution is 2.43. The van der Waals surface area contributed by atoms with Gasteiger partial charge in [0, 0.05) is 5.56 Å². The smallest absolute Gasteiger partial charge is 0.269 e. The van der Waals surface area contributed by atoms with Crippen molar-refractivity contribution in [1.29, 1.82) is 0 Å². The van der Waals surface area contributed by atoms with Crippen LogP contribution < -0.4 is 10.9 Å². The summed E-state index contributed by atoms with van der Waals surface area (Å²) in [5, 5.41) is 0. The Bertz CT molecular complexity index is 727. The Balaban J connectivity index is 1.70. The Morgan fingerprint density at radius 3 is 2.30 bits per heavy atom. The number of halogens is 1. The highest BCUT2D eigenvalue weighted by Gasteiger charge is 2.46. The summed E-state index contributed by atoms with van der Waals surface area (Å²) in [7, 11) is 0. The van der Waals surface area contributed by atoms with Crippen LogP contribution in [-0.2, 0) is 10.2 Å². The second-order valence-electron chi connectivity index (χ2n) is 5.72. The van der Waals surface area contributed by atoms with Gasteiger partial charge < -0.3 is 0 Å². The zero-order chi connectivity index (χ0) is 16.3.